The quantitative estimate of drug-likeness (QED) is 0.848. The predicted octanol–water partition coefficient (Wildman–Crippen LogP) is 1.56. The zero-order chi connectivity index (χ0) is 17.7. The molecule has 1 amide bonds. The van der Waals surface area contributed by atoms with Crippen LogP contribution in [-0.4, -0.2) is 40.8 Å². The number of amides is 1. The largest absolute Gasteiger partial charge is 0.460 e. The van der Waals surface area contributed by atoms with Crippen molar-refractivity contribution in [2.45, 2.75) is 25.5 Å². The Labute approximate surface area is 151 Å². The van der Waals surface area contributed by atoms with Crippen LogP contribution in [0.1, 0.15) is 24.0 Å². The number of piperidine rings is 1. The van der Waals surface area contributed by atoms with Gasteiger partial charge in [-0.2, -0.15) is 5.10 Å². The molecule has 2 N–H and O–H groups in total. The Morgan fingerprint density at radius 2 is 2.15 bits per heavy atom. The highest BCUT2D eigenvalue weighted by Crippen LogP contribution is 2.41. The van der Waals surface area contributed by atoms with Crippen LogP contribution in [0.3, 0.4) is 0 Å². The number of hydrazone groups is 1. The van der Waals surface area contributed by atoms with Crippen LogP contribution in [0.5, 0.6) is 5.75 Å². The minimum atomic E-state index is -0.261. The van der Waals surface area contributed by atoms with Gasteiger partial charge in [0.15, 0.2) is 0 Å². The third kappa shape index (κ3) is 2.57. The van der Waals surface area contributed by atoms with Gasteiger partial charge in [-0.25, -0.2) is 5.43 Å². The molecule has 2 atom stereocenters. The molecule has 0 bridgehead atoms. The van der Waals surface area contributed by atoms with Crippen LogP contribution >= 0.6 is 0 Å². The normalized spacial score (nSPS) is 27.7. The molecule has 4 aliphatic rings. The fraction of sp³-hybridized carbons (Fsp3) is 0.400. The first-order valence-electron chi connectivity index (χ1n) is 9.16. The molecule has 3 aliphatic heterocycles. The van der Waals surface area contributed by atoms with Crippen molar-refractivity contribution in [3.63, 3.8) is 0 Å². The number of hydrogen-bond acceptors (Lipinski definition) is 5. The molecule has 1 aromatic carbocycles. The van der Waals surface area contributed by atoms with E-state index in [1.807, 2.05) is 24.3 Å². The van der Waals surface area contributed by atoms with Crippen LogP contribution in [0.4, 0.5) is 0 Å². The van der Waals surface area contributed by atoms with Gasteiger partial charge in [-0.1, -0.05) is 18.2 Å². The van der Waals surface area contributed by atoms with E-state index < -0.39 is 0 Å². The second kappa shape index (κ2) is 6.07. The van der Waals surface area contributed by atoms with Gasteiger partial charge in [0.25, 0.3) is 0 Å². The van der Waals surface area contributed by atoms with Crippen molar-refractivity contribution in [1.29, 1.82) is 0 Å². The SMILES string of the molecule is O=C1NN=C2c3cc(CN4CCC(O)CC4)ccc3OC3=CC=CC1C32. The van der Waals surface area contributed by atoms with Crippen LogP contribution in [0.2, 0.25) is 0 Å². The molecular formula is C20H21N3O3. The molecule has 2 unspecified atom stereocenters. The average Bonchev–Trinajstić information content (AvgIpc) is 2.66. The van der Waals surface area contributed by atoms with Gasteiger partial charge in [0.2, 0.25) is 5.91 Å². The van der Waals surface area contributed by atoms with Crippen LogP contribution in [0.25, 0.3) is 0 Å². The molecule has 26 heavy (non-hydrogen) atoms. The van der Waals surface area contributed by atoms with Crippen molar-refractivity contribution in [3.8, 4) is 5.75 Å². The highest BCUT2D eigenvalue weighted by Gasteiger charge is 2.43. The zero-order valence-electron chi connectivity index (χ0n) is 14.4. The molecule has 134 valence electrons. The minimum absolute atomic E-state index is 0.0873. The van der Waals surface area contributed by atoms with E-state index in [4.69, 9.17) is 4.74 Å². The van der Waals surface area contributed by atoms with E-state index in [9.17, 15) is 9.90 Å². The molecular weight excluding hydrogens is 330 g/mol. The highest BCUT2D eigenvalue weighted by molar-refractivity contribution is 6.11. The van der Waals surface area contributed by atoms with Crippen molar-refractivity contribution < 1.29 is 14.6 Å². The Morgan fingerprint density at radius 3 is 3.00 bits per heavy atom. The molecule has 1 aromatic rings. The monoisotopic (exact) mass is 351 g/mol. The van der Waals surface area contributed by atoms with Crippen LogP contribution < -0.4 is 10.2 Å². The summed E-state index contributed by atoms with van der Waals surface area (Å²) in [5, 5.41) is 14.0. The molecule has 3 heterocycles. The standard InChI is InChI=1S/C20H21N3O3/c24-13-6-8-23(9-7-13)11-12-4-5-16-15(10-12)19-18-14(20(25)22-21-19)2-1-3-17(18)26-16/h1-5,10,13-14,18,24H,6-9,11H2,(H,22,25). The van der Waals surface area contributed by atoms with Crippen molar-refractivity contribution in [3.05, 3.63) is 53.3 Å². The molecule has 1 fully saturated rings. The van der Waals surface area contributed by atoms with Gasteiger partial charge in [0, 0.05) is 25.2 Å². The second-order valence-electron chi connectivity index (χ2n) is 7.37. The number of fused-ring (bicyclic) bond motifs is 2. The first-order valence-corrected chi connectivity index (χ1v) is 9.16. The van der Waals surface area contributed by atoms with Gasteiger partial charge in [-0.15, -0.1) is 0 Å². The summed E-state index contributed by atoms with van der Waals surface area (Å²) in [6, 6.07) is 6.21. The van der Waals surface area contributed by atoms with E-state index in [1.165, 1.54) is 5.56 Å². The highest BCUT2D eigenvalue weighted by atomic mass is 16.5. The Hall–Kier alpha value is -2.44. The number of allylic oxidation sites excluding steroid dienone is 3. The minimum Gasteiger partial charge on any atom is -0.460 e. The Balaban J connectivity index is 1.46. The number of carbonyl (C=O) groups excluding carboxylic acids is 1. The number of nitrogens with one attached hydrogen (secondary N) is 1. The summed E-state index contributed by atoms with van der Waals surface area (Å²) in [5.41, 5.74) is 5.69. The first kappa shape index (κ1) is 15.8. The summed E-state index contributed by atoms with van der Waals surface area (Å²) in [6.07, 6.45) is 7.21. The number of carbonyl (C=O) groups is 1. The topological polar surface area (TPSA) is 74.2 Å². The summed E-state index contributed by atoms with van der Waals surface area (Å²) in [6.45, 7) is 2.67. The lowest BCUT2D eigenvalue weighted by atomic mass is 9.77. The van der Waals surface area contributed by atoms with Gasteiger partial charge in [-0.05, 0) is 36.6 Å². The number of aliphatic hydroxyl groups excluding tert-OH is 1. The third-order valence-electron chi connectivity index (χ3n) is 5.64. The molecule has 5 rings (SSSR count). The van der Waals surface area contributed by atoms with Crippen molar-refractivity contribution in [2.24, 2.45) is 16.9 Å². The van der Waals surface area contributed by atoms with Crippen molar-refractivity contribution in [1.82, 2.24) is 10.3 Å². The molecule has 6 heteroatoms. The maximum atomic E-state index is 12.1. The lowest BCUT2D eigenvalue weighted by Gasteiger charge is -2.36. The van der Waals surface area contributed by atoms with Gasteiger partial charge < -0.3 is 9.84 Å². The Bertz CT molecular complexity index is 850. The number of likely N-dealkylation sites (tertiary alicyclic amines) is 1. The number of benzene rings is 1. The summed E-state index contributed by atoms with van der Waals surface area (Å²) < 4.78 is 6.08. The van der Waals surface area contributed by atoms with Crippen molar-refractivity contribution >= 4 is 11.6 Å². The van der Waals surface area contributed by atoms with E-state index in [0.717, 1.165) is 55.3 Å². The molecule has 0 aromatic heterocycles. The summed E-state index contributed by atoms with van der Waals surface area (Å²) in [7, 11) is 0. The van der Waals surface area contributed by atoms with E-state index in [1.54, 1.807) is 0 Å². The number of rotatable bonds is 2. The van der Waals surface area contributed by atoms with Crippen LogP contribution in [-0.2, 0) is 11.3 Å². The predicted molar refractivity (Wildman–Crippen MR) is 96.5 cm³/mol. The maximum Gasteiger partial charge on any atom is 0.248 e. The van der Waals surface area contributed by atoms with Crippen LogP contribution in [0.15, 0.2) is 47.3 Å². The van der Waals surface area contributed by atoms with E-state index in [0.29, 0.717) is 0 Å². The molecule has 0 spiro atoms. The van der Waals surface area contributed by atoms with Gasteiger partial charge in [0.05, 0.1) is 23.7 Å². The smallest absolute Gasteiger partial charge is 0.248 e. The lowest BCUT2D eigenvalue weighted by Crippen LogP contribution is -2.45. The molecule has 1 aliphatic carbocycles. The summed E-state index contributed by atoms with van der Waals surface area (Å²) in [4.78, 5) is 14.5. The zero-order valence-corrected chi connectivity index (χ0v) is 14.4. The van der Waals surface area contributed by atoms with Crippen LogP contribution in [0, 0.1) is 11.8 Å². The van der Waals surface area contributed by atoms with E-state index >= 15 is 0 Å². The summed E-state index contributed by atoms with van der Waals surface area (Å²) >= 11 is 0. The molecule has 6 nitrogen and oxygen atoms in total. The number of hydrogen-bond donors (Lipinski definition) is 2. The number of aliphatic hydroxyl groups is 1. The first-order chi connectivity index (χ1) is 12.7. The van der Waals surface area contributed by atoms with Crippen molar-refractivity contribution in [2.75, 3.05) is 13.1 Å². The van der Waals surface area contributed by atoms with Gasteiger partial charge in [-0.3, -0.25) is 9.69 Å². The Kier molecular flexibility index (Phi) is 3.69. The van der Waals surface area contributed by atoms with Gasteiger partial charge >= 0.3 is 0 Å². The van der Waals surface area contributed by atoms with E-state index in [-0.39, 0.29) is 23.8 Å². The summed E-state index contributed by atoms with van der Waals surface area (Å²) in [5.74, 6) is 1.09. The average molecular weight is 351 g/mol. The maximum absolute atomic E-state index is 12.1. The van der Waals surface area contributed by atoms with Gasteiger partial charge in [0.1, 0.15) is 11.5 Å². The lowest BCUT2D eigenvalue weighted by molar-refractivity contribution is -0.124. The van der Waals surface area contributed by atoms with E-state index in [2.05, 4.69) is 27.6 Å². The molecule has 1 saturated heterocycles. The fourth-order valence-corrected chi connectivity index (χ4v) is 4.22. The number of ether oxygens (including phenoxy) is 1. The molecule has 0 saturated carbocycles. The fourth-order valence-electron chi connectivity index (χ4n) is 4.22. The molecule has 0 radical (unpaired) electrons. The third-order valence-corrected chi connectivity index (χ3v) is 5.64. The Morgan fingerprint density at radius 1 is 1.31 bits per heavy atom. The second-order valence-corrected chi connectivity index (χ2v) is 7.37. The number of nitrogens with zero attached hydrogens (tertiary/aromatic N) is 2.